The van der Waals surface area contributed by atoms with E-state index in [0.717, 1.165) is 32.4 Å². The highest BCUT2D eigenvalue weighted by Crippen LogP contribution is 2.57. The molecule has 0 aliphatic carbocycles. The minimum absolute atomic E-state index is 0.105. The molecule has 204 valence electrons. The average Bonchev–Trinajstić information content (AvgIpc) is 3.22. The third kappa shape index (κ3) is 4.73. The Balaban J connectivity index is 1.50. The second-order valence-electron chi connectivity index (χ2n) is 10.8. The molecule has 1 unspecified atom stereocenters. The minimum atomic E-state index is -1.28. The van der Waals surface area contributed by atoms with Gasteiger partial charge in [0.25, 0.3) is 0 Å². The molecule has 5 aliphatic heterocycles. The number of amides is 2. The largest absolute Gasteiger partial charge is 0.465 e. The Morgan fingerprint density at radius 1 is 0.973 bits per heavy atom. The number of cyclic esters (lactones) is 1. The Bertz CT molecular complexity index is 948. The molecule has 1 spiro atoms. The van der Waals surface area contributed by atoms with Gasteiger partial charge in [0.2, 0.25) is 11.8 Å². The Labute approximate surface area is 218 Å². The smallest absolute Gasteiger partial charge is 0.313 e. The number of hydrogen-bond donors (Lipinski definition) is 1. The molecule has 2 amide bonds. The van der Waals surface area contributed by atoms with E-state index in [1.807, 2.05) is 31.2 Å². The van der Waals surface area contributed by atoms with Crippen LogP contribution in [0.3, 0.4) is 0 Å². The number of aliphatic hydroxyl groups is 1. The lowest BCUT2D eigenvalue weighted by Crippen LogP contribution is -2.56. The third-order valence-corrected chi connectivity index (χ3v) is 8.43. The molecular weight excluding hydrogens is 478 g/mol. The van der Waals surface area contributed by atoms with Crippen LogP contribution < -0.4 is 0 Å². The zero-order valence-corrected chi connectivity index (χ0v) is 21.7. The number of carbonyl (C=O) groups is 3. The van der Waals surface area contributed by atoms with E-state index in [1.54, 1.807) is 4.90 Å². The van der Waals surface area contributed by atoms with Crippen LogP contribution in [-0.2, 0) is 28.6 Å². The van der Waals surface area contributed by atoms with E-state index in [9.17, 15) is 19.5 Å². The van der Waals surface area contributed by atoms with E-state index in [4.69, 9.17) is 14.2 Å². The van der Waals surface area contributed by atoms with Crippen molar-refractivity contribution in [2.75, 3.05) is 65.7 Å². The molecule has 5 rings (SSSR count). The highest BCUT2D eigenvalue weighted by molar-refractivity contribution is 5.99. The summed E-state index contributed by atoms with van der Waals surface area (Å²) in [5, 5.41) is 9.53. The standard InChI is InChI=1S/C27H39N3O7/c1-26-8-4-2-3-5-17-36-25(34)21(26)20-23(32)30(11-7-16-31)22-24(33)29(10-6-9-27(20,22)37-26)13-12-28-14-18-35-19-15-28/h4,6,8-9,20-22,31H,2-3,5,7,10-19H2,1H3/b8-4-/t20-,21+,22?,26-,27-/m0/s1. The fraction of sp³-hybridized carbons (Fsp3) is 0.741. The van der Waals surface area contributed by atoms with Gasteiger partial charge in [-0.2, -0.15) is 0 Å². The molecule has 0 aromatic heterocycles. The molecule has 0 radical (unpaired) electrons. The molecular formula is C27H39N3O7. The van der Waals surface area contributed by atoms with Gasteiger partial charge in [0, 0.05) is 45.9 Å². The van der Waals surface area contributed by atoms with Crippen molar-refractivity contribution in [3.05, 3.63) is 24.3 Å². The molecule has 10 nitrogen and oxygen atoms in total. The van der Waals surface area contributed by atoms with Crippen LogP contribution in [0.25, 0.3) is 0 Å². The fourth-order valence-corrected chi connectivity index (χ4v) is 6.61. The Morgan fingerprint density at radius 3 is 2.57 bits per heavy atom. The van der Waals surface area contributed by atoms with Crippen molar-refractivity contribution in [3.63, 3.8) is 0 Å². The van der Waals surface area contributed by atoms with Crippen molar-refractivity contribution in [1.82, 2.24) is 14.7 Å². The Morgan fingerprint density at radius 2 is 1.78 bits per heavy atom. The van der Waals surface area contributed by atoms with Crippen LogP contribution in [0.15, 0.2) is 24.3 Å². The first kappa shape index (κ1) is 26.3. The molecule has 3 fully saturated rings. The molecule has 0 aromatic carbocycles. The molecule has 37 heavy (non-hydrogen) atoms. The predicted octanol–water partition coefficient (Wildman–Crippen LogP) is 0.354. The van der Waals surface area contributed by atoms with E-state index >= 15 is 0 Å². The maximum absolute atomic E-state index is 14.2. The van der Waals surface area contributed by atoms with Gasteiger partial charge in [0.1, 0.15) is 17.6 Å². The average molecular weight is 518 g/mol. The normalized spacial score (nSPS) is 37.6. The van der Waals surface area contributed by atoms with Gasteiger partial charge in [0.15, 0.2) is 0 Å². The minimum Gasteiger partial charge on any atom is -0.465 e. The number of allylic oxidation sites excluding steroid dienone is 1. The van der Waals surface area contributed by atoms with Crippen LogP contribution in [0, 0.1) is 11.8 Å². The number of fused-ring (bicyclic) bond motifs is 2. The SMILES string of the molecule is C[C@]12/C=C\CCCCOC(=O)[C@H]1[C@H]1C(=O)N(CCCO)C3C(=O)N(CCN4CCOCC4)CC=C[C@@]31O2. The lowest BCUT2D eigenvalue weighted by molar-refractivity contribution is -0.160. The zero-order chi connectivity index (χ0) is 26.0. The first-order chi connectivity index (χ1) is 17.9. The predicted molar refractivity (Wildman–Crippen MR) is 133 cm³/mol. The summed E-state index contributed by atoms with van der Waals surface area (Å²) in [6, 6.07) is -0.907. The fourth-order valence-electron chi connectivity index (χ4n) is 6.61. The van der Waals surface area contributed by atoms with Crippen LogP contribution in [0.4, 0.5) is 0 Å². The summed E-state index contributed by atoms with van der Waals surface area (Å²) >= 11 is 0. The molecule has 0 aromatic rings. The number of carbonyl (C=O) groups excluding carboxylic acids is 3. The number of aliphatic hydroxyl groups excluding tert-OH is 1. The van der Waals surface area contributed by atoms with Gasteiger partial charge in [-0.05, 0) is 32.6 Å². The van der Waals surface area contributed by atoms with Crippen LogP contribution in [0.1, 0.15) is 32.6 Å². The number of likely N-dealkylation sites (tertiary alicyclic amines) is 1. The zero-order valence-electron chi connectivity index (χ0n) is 21.7. The van der Waals surface area contributed by atoms with Gasteiger partial charge in [-0.15, -0.1) is 0 Å². The van der Waals surface area contributed by atoms with Crippen molar-refractivity contribution in [1.29, 1.82) is 0 Å². The maximum Gasteiger partial charge on any atom is 0.313 e. The summed E-state index contributed by atoms with van der Waals surface area (Å²) < 4.78 is 17.8. The lowest BCUT2D eigenvalue weighted by Gasteiger charge is -2.38. The van der Waals surface area contributed by atoms with E-state index in [1.165, 1.54) is 4.90 Å². The molecule has 0 saturated carbocycles. The van der Waals surface area contributed by atoms with Crippen LogP contribution >= 0.6 is 0 Å². The van der Waals surface area contributed by atoms with Gasteiger partial charge in [-0.1, -0.05) is 24.3 Å². The first-order valence-electron chi connectivity index (χ1n) is 13.6. The first-order valence-corrected chi connectivity index (χ1v) is 13.6. The molecule has 0 bridgehead atoms. The van der Waals surface area contributed by atoms with Crippen molar-refractivity contribution in [3.8, 4) is 0 Å². The Kier molecular flexibility index (Phi) is 7.72. The van der Waals surface area contributed by atoms with Gasteiger partial charge in [-0.25, -0.2) is 0 Å². The third-order valence-electron chi connectivity index (χ3n) is 8.43. The van der Waals surface area contributed by atoms with Gasteiger partial charge in [-0.3, -0.25) is 19.3 Å². The number of hydrogen-bond acceptors (Lipinski definition) is 8. The van der Waals surface area contributed by atoms with Crippen LogP contribution in [-0.4, -0.2) is 121 Å². The summed E-state index contributed by atoms with van der Waals surface area (Å²) in [6.45, 7) is 6.89. The quantitative estimate of drug-likeness (QED) is 0.397. The Hall–Kier alpha value is -2.27. The number of esters is 1. The van der Waals surface area contributed by atoms with Crippen LogP contribution in [0.2, 0.25) is 0 Å². The second-order valence-corrected chi connectivity index (χ2v) is 10.8. The highest BCUT2D eigenvalue weighted by Gasteiger charge is 2.74. The van der Waals surface area contributed by atoms with E-state index in [0.29, 0.717) is 45.9 Å². The van der Waals surface area contributed by atoms with Crippen molar-refractivity contribution in [2.24, 2.45) is 11.8 Å². The summed E-state index contributed by atoms with van der Waals surface area (Å²) in [5.74, 6) is -2.67. The van der Waals surface area contributed by atoms with Crippen molar-refractivity contribution < 1.29 is 33.7 Å². The molecule has 10 heteroatoms. The van der Waals surface area contributed by atoms with E-state index < -0.39 is 35.0 Å². The maximum atomic E-state index is 14.2. The highest BCUT2D eigenvalue weighted by atomic mass is 16.6. The van der Waals surface area contributed by atoms with Gasteiger partial charge in [0.05, 0.1) is 31.3 Å². The summed E-state index contributed by atoms with van der Waals surface area (Å²) in [6.07, 6.45) is 10.5. The second kappa shape index (κ2) is 10.8. The number of ether oxygens (including phenoxy) is 3. The van der Waals surface area contributed by atoms with Gasteiger partial charge >= 0.3 is 5.97 Å². The number of morpholine rings is 1. The topological polar surface area (TPSA) is 109 Å². The molecule has 5 heterocycles. The van der Waals surface area contributed by atoms with Crippen LogP contribution in [0.5, 0.6) is 0 Å². The number of nitrogens with zero attached hydrogens (tertiary/aromatic N) is 3. The lowest BCUT2D eigenvalue weighted by atomic mass is 9.74. The number of rotatable bonds is 6. The molecule has 3 saturated heterocycles. The van der Waals surface area contributed by atoms with E-state index in [2.05, 4.69) is 4.90 Å². The van der Waals surface area contributed by atoms with Crippen molar-refractivity contribution in [2.45, 2.75) is 49.9 Å². The summed E-state index contributed by atoms with van der Waals surface area (Å²) in [4.78, 5) is 47.2. The summed E-state index contributed by atoms with van der Waals surface area (Å²) in [5.41, 5.74) is -2.36. The summed E-state index contributed by atoms with van der Waals surface area (Å²) in [7, 11) is 0. The van der Waals surface area contributed by atoms with Gasteiger partial charge < -0.3 is 29.1 Å². The van der Waals surface area contributed by atoms with Crippen molar-refractivity contribution >= 4 is 17.8 Å². The molecule has 5 aliphatic rings. The monoisotopic (exact) mass is 517 g/mol. The van der Waals surface area contributed by atoms with E-state index in [-0.39, 0.29) is 25.0 Å². The molecule has 1 N–H and O–H groups in total. The molecule has 5 atom stereocenters.